The van der Waals surface area contributed by atoms with Crippen LogP contribution in [0.1, 0.15) is 25.7 Å². The van der Waals surface area contributed by atoms with Gasteiger partial charge in [-0.25, -0.2) is 0 Å². The molecule has 94 valence electrons. The predicted molar refractivity (Wildman–Crippen MR) is 61.1 cm³/mol. The summed E-state index contributed by atoms with van der Waals surface area (Å²) in [6.45, 7) is 2.44. The van der Waals surface area contributed by atoms with Gasteiger partial charge in [0.15, 0.2) is 0 Å². The van der Waals surface area contributed by atoms with Gasteiger partial charge in [-0.2, -0.15) is 17.0 Å². The van der Waals surface area contributed by atoms with E-state index in [0.717, 1.165) is 25.7 Å². The normalized spacial score (nSPS) is 29.7. The summed E-state index contributed by atoms with van der Waals surface area (Å²) in [7, 11) is -3.25. The second-order valence-electron chi connectivity index (χ2n) is 4.66. The molecule has 2 rings (SSSR count). The van der Waals surface area contributed by atoms with Crippen LogP contribution in [0.15, 0.2) is 0 Å². The van der Waals surface area contributed by atoms with Gasteiger partial charge in [-0.3, -0.25) is 0 Å². The number of aliphatic hydroxyl groups is 1. The first-order chi connectivity index (χ1) is 7.64. The van der Waals surface area contributed by atoms with Gasteiger partial charge in [-0.1, -0.05) is 6.42 Å². The molecule has 5 nitrogen and oxygen atoms in total. The SMILES string of the molecule is O=S(=O)(N1CCCCC1)N1CCC(CO)C1. The van der Waals surface area contributed by atoms with Gasteiger partial charge in [0.25, 0.3) is 10.2 Å². The molecule has 0 aromatic heterocycles. The summed E-state index contributed by atoms with van der Waals surface area (Å²) in [6.07, 6.45) is 3.85. The molecule has 0 aromatic carbocycles. The molecule has 0 aliphatic carbocycles. The van der Waals surface area contributed by atoms with Crippen molar-refractivity contribution in [1.29, 1.82) is 0 Å². The molecule has 2 heterocycles. The van der Waals surface area contributed by atoms with Crippen LogP contribution in [0.3, 0.4) is 0 Å². The molecule has 0 saturated carbocycles. The maximum absolute atomic E-state index is 12.2. The fourth-order valence-corrected chi connectivity index (χ4v) is 4.20. The Morgan fingerprint density at radius 2 is 1.75 bits per heavy atom. The van der Waals surface area contributed by atoms with Crippen molar-refractivity contribution in [3.8, 4) is 0 Å². The predicted octanol–water partition coefficient (Wildman–Crippen LogP) is 0.0313. The first-order valence-corrected chi connectivity index (χ1v) is 7.40. The summed E-state index contributed by atoms with van der Waals surface area (Å²) >= 11 is 0. The van der Waals surface area contributed by atoms with Gasteiger partial charge in [-0.05, 0) is 25.2 Å². The third kappa shape index (κ3) is 2.40. The van der Waals surface area contributed by atoms with Gasteiger partial charge in [0.1, 0.15) is 0 Å². The van der Waals surface area contributed by atoms with Crippen LogP contribution in [0.5, 0.6) is 0 Å². The average Bonchev–Trinajstić information content (AvgIpc) is 2.79. The van der Waals surface area contributed by atoms with Crippen molar-refractivity contribution < 1.29 is 13.5 Å². The quantitative estimate of drug-likeness (QED) is 0.766. The van der Waals surface area contributed by atoms with Crippen molar-refractivity contribution in [3.63, 3.8) is 0 Å². The second-order valence-corrected chi connectivity index (χ2v) is 6.59. The van der Waals surface area contributed by atoms with E-state index in [0.29, 0.717) is 26.2 Å². The lowest BCUT2D eigenvalue weighted by Gasteiger charge is -2.30. The number of rotatable bonds is 3. The van der Waals surface area contributed by atoms with Crippen molar-refractivity contribution >= 4 is 10.2 Å². The lowest BCUT2D eigenvalue weighted by atomic mass is 10.1. The van der Waals surface area contributed by atoms with Crippen LogP contribution in [-0.2, 0) is 10.2 Å². The van der Waals surface area contributed by atoms with Crippen LogP contribution in [0.4, 0.5) is 0 Å². The molecule has 2 aliphatic rings. The number of nitrogens with zero attached hydrogens (tertiary/aromatic N) is 2. The molecule has 2 saturated heterocycles. The highest BCUT2D eigenvalue weighted by atomic mass is 32.2. The number of hydrogen-bond donors (Lipinski definition) is 1. The van der Waals surface area contributed by atoms with E-state index in [1.807, 2.05) is 0 Å². The van der Waals surface area contributed by atoms with Crippen molar-refractivity contribution in [2.75, 3.05) is 32.8 Å². The van der Waals surface area contributed by atoms with Crippen molar-refractivity contribution in [2.45, 2.75) is 25.7 Å². The highest BCUT2D eigenvalue weighted by molar-refractivity contribution is 7.86. The molecule has 0 bridgehead atoms. The maximum Gasteiger partial charge on any atom is 0.281 e. The molecule has 0 spiro atoms. The Morgan fingerprint density at radius 1 is 1.06 bits per heavy atom. The van der Waals surface area contributed by atoms with E-state index >= 15 is 0 Å². The fraction of sp³-hybridized carbons (Fsp3) is 1.00. The minimum absolute atomic E-state index is 0.0893. The fourth-order valence-electron chi connectivity index (χ4n) is 2.41. The standard InChI is InChI=1S/C10H20N2O3S/c13-9-10-4-7-12(8-10)16(14,15)11-5-2-1-3-6-11/h10,13H,1-9H2. The minimum atomic E-state index is -3.25. The van der Waals surface area contributed by atoms with E-state index in [1.165, 1.54) is 4.31 Å². The molecule has 6 heteroatoms. The van der Waals surface area contributed by atoms with Crippen molar-refractivity contribution in [2.24, 2.45) is 5.92 Å². The zero-order valence-electron chi connectivity index (χ0n) is 9.51. The van der Waals surface area contributed by atoms with Crippen LogP contribution in [0, 0.1) is 5.92 Å². The average molecular weight is 248 g/mol. The third-order valence-electron chi connectivity index (χ3n) is 3.47. The Labute approximate surface area is 97.2 Å². The second kappa shape index (κ2) is 5.00. The van der Waals surface area contributed by atoms with Crippen molar-refractivity contribution in [3.05, 3.63) is 0 Å². The summed E-state index contributed by atoms with van der Waals surface area (Å²) in [5, 5.41) is 9.02. The highest BCUT2D eigenvalue weighted by Gasteiger charge is 2.35. The lowest BCUT2D eigenvalue weighted by molar-refractivity contribution is 0.231. The van der Waals surface area contributed by atoms with E-state index in [2.05, 4.69) is 0 Å². The molecule has 0 radical (unpaired) electrons. The third-order valence-corrected chi connectivity index (χ3v) is 5.48. The minimum Gasteiger partial charge on any atom is -0.396 e. The molecule has 1 atom stereocenters. The van der Waals surface area contributed by atoms with Gasteiger partial charge in [0.2, 0.25) is 0 Å². The molecule has 0 amide bonds. The maximum atomic E-state index is 12.2. The smallest absolute Gasteiger partial charge is 0.281 e. The molecule has 0 aromatic rings. The monoisotopic (exact) mass is 248 g/mol. The van der Waals surface area contributed by atoms with Gasteiger partial charge >= 0.3 is 0 Å². The Hall–Kier alpha value is -0.170. The first kappa shape index (κ1) is 12.3. The zero-order chi connectivity index (χ0) is 11.6. The number of aliphatic hydroxyl groups excluding tert-OH is 1. The summed E-state index contributed by atoms with van der Waals surface area (Å²) < 4.78 is 27.6. The Kier molecular flexibility index (Phi) is 3.84. The van der Waals surface area contributed by atoms with Gasteiger partial charge < -0.3 is 5.11 Å². The van der Waals surface area contributed by atoms with E-state index in [9.17, 15) is 8.42 Å². The summed E-state index contributed by atoms with van der Waals surface area (Å²) in [5.41, 5.74) is 0. The molecule has 2 fully saturated rings. The van der Waals surface area contributed by atoms with Crippen LogP contribution in [-0.4, -0.2) is 54.9 Å². The molecular weight excluding hydrogens is 228 g/mol. The summed E-state index contributed by atoms with van der Waals surface area (Å²) in [4.78, 5) is 0. The van der Waals surface area contributed by atoms with Crippen molar-refractivity contribution in [1.82, 2.24) is 8.61 Å². The molecule has 1 unspecified atom stereocenters. The summed E-state index contributed by atoms with van der Waals surface area (Å²) in [5.74, 6) is 0.125. The Morgan fingerprint density at radius 3 is 2.31 bits per heavy atom. The highest BCUT2D eigenvalue weighted by Crippen LogP contribution is 2.23. The van der Waals surface area contributed by atoms with Gasteiger partial charge in [-0.15, -0.1) is 0 Å². The van der Waals surface area contributed by atoms with Crippen LogP contribution in [0.25, 0.3) is 0 Å². The van der Waals surface area contributed by atoms with E-state index in [1.54, 1.807) is 4.31 Å². The van der Waals surface area contributed by atoms with E-state index in [-0.39, 0.29) is 12.5 Å². The topological polar surface area (TPSA) is 60.9 Å². The lowest BCUT2D eigenvalue weighted by Crippen LogP contribution is -2.45. The Bertz CT molecular complexity index is 325. The van der Waals surface area contributed by atoms with Crippen LogP contribution < -0.4 is 0 Å². The Balaban J connectivity index is 2.01. The summed E-state index contributed by atoms with van der Waals surface area (Å²) in [6, 6.07) is 0. The number of piperidine rings is 1. The largest absolute Gasteiger partial charge is 0.396 e. The van der Waals surface area contributed by atoms with Gasteiger partial charge in [0, 0.05) is 32.8 Å². The zero-order valence-corrected chi connectivity index (χ0v) is 10.3. The number of hydrogen-bond acceptors (Lipinski definition) is 3. The first-order valence-electron chi connectivity index (χ1n) is 6.00. The molecule has 16 heavy (non-hydrogen) atoms. The van der Waals surface area contributed by atoms with E-state index < -0.39 is 10.2 Å². The molecular formula is C10H20N2O3S. The van der Waals surface area contributed by atoms with Crippen LogP contribution in [0.2, 0.25) is 0 Å². The molecule has 2 aliphatic heterocycles. The van der Waals surface area contributed by atoms with E-state index in [4.69, 9.17) is 5.11 Å². The van der Waals surface area contributed by atoms with Gasteiger partial charge in [0.05, 0.1) is 0 Å². The molecule has 1 N–H and O–H groups in total. The van der Waals surface area contributed by atoms with Crippen LogP contribution >= 0.6 is 0 Å².